The highest BCUT2D eigenvalue weighted by molar-refractivity contribution is 5.43. The van der Waals surface area contributed by atoms with Crippen molar-refractivity contribution in [2.45, 2.75) is 52.9 Å². The topological polar surface area (TPSA) is 20.2 Å². The Labute approximate surface area is 99.5 Å². The van der Waals surface area contributed by atoms with Crippen LogP contribution < -0.4 is 0 Å². The predicted molar refractivity (Wildman–Crippen MR) is 70.0 cm³/mol. The molecule has 1 N–H and O–H groups in total. The molecule has 16 heavy (non-hydrogen) atoms. The van der Waals surface area contributed by atoms with Crippen molar-refractivity contribution in [1.29, 1.82) is 0 Å². The fourth-order valence-corrected chi connectivity index (χ4v) is 2.44. The van der Waals surface area contributed by atoms with E-state index in [-0.39, 0.29) is 5.41 Å². The lowest BCUT2D eigenvalue weighted by atomic mass is 9.74. The van der Waals surface area contributed by atoms with Gasteiger partial charge in [0.05, 0.1) is 0 Å². The first kappa shape index (κ1) is 13.1. The van der Waals surface area contributed by atoms with Gasteiger partial charge in [0, 0.05) is 0 Å². The van der Waals surface area contributed by atoms with Crippen LogP contribution in [0.1, 0.15) is 52.2 Å². The molecule has 0 saturated heterocycles. The van der Waals surface area contributed by atoms with Crippen molar-refractivity contribution >= 4 is 0 Å². The Morgan fingerprint density at radius 1 is 1.25 bits per heavy atom. The van der Waals surface area contributed by atoms with Gasteiger partial charge in [0.25, 0.3) is 0 Å². The number of fused-ring (bicyclic) bond motifs is 1. The Hall–Kier alpha value is -0.980. The van der Waals surface area contributed by atoms with E-state index in [2.05, 4.69) is 26.8 Å². The SMILES string of the molecule is CC.CC(C)C1(C)CCc2ccc(O)cc21. The lowest BCUT2D eigenvalue weighted by Crippen LogP contribution is -2.25. The smallest absolute Gasteiger partial charge is 0.115 e. The summed E-state index contributed by atoms with van der Waals surface area (Å²) in [6.07, 6.45) is 2.37. The summed E-state index contributed by atoms with van der Waals surface area (Å²) in [7, 11) is 0. The standard InChI is InChI=1S/C13H18O.C2H6/c1-9(2)13(3)7-6-10-4-5-11(14)8-12(10)13;1-2/h4-5,8-9,14H,6-7H2,1-3H3;1-2H3. The molecule has 0 radical (unpaired) electrons. The minimum atomic E-state index is 0.258. The van der Waals surface area contributed by atoms with Gasteiger partial charge in [-0.1, -0.05) is 40.7 Å². The third-order valence-electron chi connectivity index (χ3n) is 3.90. The van der Waals surface area contributed by atoms with Crippen LogP contribution in [-0.2, 0) is 11.8 Å². The van der Waals surface area contributed by atoms with E-state index >= 15 is 0 Å². The highest BCUT2D eigenvalue weighted by Gasteiger charge is 2.36. The molecule has 0 bridgehead atoms. The molecule has 1 heteroatoms. The van der Waals surface area contributed by atoms with Crippen molar-refractivity contribution < 1.29 is 5.11 Å². The van der Waals surface area contributed by atoms with Gasteiger partial charge in [0.1, 0.15) is 5.75 Å². The van der Waals surface area contributed by atoms with E-state index in [0.29, 0.717) is 11.7 Å². The van der Waals surface area contributed by atoms with E-state index in [1.54, 1.807) is 6.07 Å². The second kappa shape index (κ2) is 4.90. The summed E-state index contributed by atoms with van der Waals surface area (Å²) < 4.78 is 0. The molecule has 1 unspecified atom stereocenters. The summed E-state index contributed by atoms with van der Waals surface area (Å²) in [5.74, 6) is 1.03. The summed E-state index contributed by atoms with van der Waals surface area (Å²) in [4.78, 5) is 0. The summed E-state index contributed by atoms with van der Waals surface area (Å²) in [6, 6.07) is 5.81. The molecule has 1 nitrogen and oxygen atoms in total. The van der Waals surface area contributed by atoms with Gasteiger partial charge in [-0.3, -0.25) is 0 Å². The maximum absolute atomic E-state index is 9.51. The van der Waals surface area contributed by atoms with Crippen LogP contribution in [0.15, 0.2) is 18.2 Å². The van der Waals surface area contributed by atoms with Gasteiger partial charge in [-0.15, -0.1) is 0 Å². The number of aromatic hydroxyl groups is 1. The van der Waals surface area contributed by atoms with E-state index in [9.17, 15) is 5.11 Å². The number of hydrogen-bond donors (Lipinski definition) is 1. The van der Waals surface area contributed by atoms with E-state index in [1.807, 2.05) is 19.9 Å². The van der Waals surface area contributed by atoms with E-state index in [4.69, 9.17) is 0 Å². The molecule has 0 spiro atoms. The summed E-state index contributed by atoms with van der Waals surface area (Å²) in [5.41, 5.74) is 3.03. The number of rotatable bonds is 1. The van der Waals surface area contributed by atoms with Crippen LogP contribution in [0, 0.1) is 5.92 Å². The second-order valence-electron chi connectivity index (χ2n) is 4.91. The van der Waals surface area contributed by atoms with E-state index < -0.39 is 0 Å². The number of phenols is 1. The Morgan fingerprint density at radius 3 is 2.44 bits per heavy atom. The number of phenolic OH excluding ortho intramolecular Hbond substituents is 1. The molecule has 1 aliphatic carbocycles. The van der Waals surface area contributed by atoms with E-state index in [1.165, 1.54) is 17.5 Å². The van der Waals surface area contributed by atoms with Crippen LogP contribution in [-0.4, -0.2) is 5.11 Å². The van der Waals surface area contributed by atoms with Gasteiger partial charge in [-0.25, -0.2) is 0 Å². The maximum Gasteiger partial charge on any atom is 0.115 e. The number of hydrogen-bond acceptors (Lipinski definition) is 1. The molecule has 90 valence electrons. The molecule has 0 saturated carbocycles. The quantitative estimate of drug-likeness (QED) is 0.749. The van der Waals surface area contributed by atoms with Crippen LogP contribution >= 0.6 is 0 Å². The second-order valence-corrected chi connectivity index (χ2v) is 4.91. The van der Waals surface area contributed by atoms with Crippen LogP contribution in [0.4, 0.5) is 0 Å². The average molecular weight is 220 g/mol. The largest absolute Gasteiger partial charge is 0.508 e. The van der Waals surface area contributed by atoms with Gasteiger partial charge in [0.2, 0.25) is 0 Å². The zero-order valence-electron chi connectivity index (χ0n) is 11.2. The van der Waals surface area contributed by atoms with Crippen molar-refractivity contribution in [3.05, 3.63) is 29.3 Å². The fourth-order valence-electron chi connectivity index (χ4n) is 2.44. The Kier molecular flexibility index (Phi) is 4.01. The molecule has 0 aliphatic heterocycles. The van der Waals surface area contributed by atoms with E-state index in [0.717, 1.165) is 6.42 Å². The van der Waals surface area contributed by atoms with Crippen molar-refractivity contribution in [1.82, 2.24) is 0 Å². The van der Waals surface area contributed by atoms with Gasteiger partial charge < -0.3 is 5.11 Å². The zero-order chi connectivity index (χ0) is 12.3. The van der Waals surface area contributed by atoms with Gasteiger partial charge >= 0.3 is 0 Å². The molecule has 0 fully saturated rings. The Balaban J connectivity index is 0.000000606. The molecule has 0 heterocycles. The van der Waals surface area contributed by atoms with Crippen molar-refractivity contribution in [3.8, 4) is 5.75 Å². The Bertz CT molecular complexity index is 354. The van der Waals surface area contributed by atoms with Crippen LogP contribution in [0.2, 0.25) is 0 Å². The number of benzene rings is 1. The van der Waals surface area contributed by atoms with Gasteiger partial charge in [0.15, 0.2) is 0 Å². The molecule has 1 aromatic rings. The average Bonchev–Trinajstić information content (AvgIpc) is 2.61. The zero-order valence-corrected chi connectivity index (χ0v) is 11.2. The Morgan fingerprint density at radius 2 is 1.88 bits per heavy atom. The molecular weight excluding hydrogens is 196 g/mol. The molecule has 0 amide bonds. The van der Waals surface area contributed by atoms with Crippen molar-refractivity contribution in [2.24, 2.45) is 5.92 Å². The third-order valence-corrected chi connectivity index (χ3v) is 3.90. The van der Waals surface area contributed by atoms with Gasteiger partial charge in [-0.05, 0) is 47.4 Å². The first-order chi connectivity index (χ1) is 7.54. The lowest BCUT2D eigenvalue weighted by Gasteiger charge is -2.30. The molecular formula is C15H24O. The minimum absolute atomic E-state index is 0.258. The number of aryl methyl sites for hydroxylation is 1. The van der Waals surface area contributed by atoms with Crippen LogP contribution in [0.25, 0.3) is 0 Å². The molecule has 1 aliphatic rings. The van der Waals surface area contributed by atoms with Gasteiger partial charge in [-0.2, -0.15) is 0 Å². The summed E-state index contributed by atoms with van der Waals surface area (Å²) >= 11 is 0. The van der Waals surface area contributed by atoms with Crippen LogP contribution in [0.3, 0.4) is 0 Å². The summed E-state index contributed by atoms with van der Waals surface area (Å²) in [5, 5.41) is 9.51. The fraction of sp³-hybridized carbons (Fsp3) is 0.600. The molecule has 0 aromatic heterocycles. The lowest BCUT2D eigenvalue weighted by molar-refractivity contribution is 0.335. The maximum atomic E-state index is 9.51. The highest BCUT2D eigenvalue weighted by Crippen LogP contribution is 2.44. The highest BCUT2D eigenvalue weighted by atomic mass is 16.3. The third kappa shape index (κ3) is 2.09. The van der Waals surface area contributed by atoms with Crippen LogP contribution in [0.5, 0.6) is 5.75 Å². The monoisotopic (exact) mass is 220 g/mol. The van der Waals surface area contributed by atoms with Crippen molar-refractivity contribution in [2.75, 3.05) is 0 Å². The van der Waals surface area contributed by atoms with Crippen molar-refractivity contribution in [3.63, 3.8) is 0 Å². The molecule has 1 aromatic carbocycles. The summed E-state index contributed by atoms with van der Waals surface area (Å²) in [6.45, 7) is 10.8. The first-order valence-electron chi connectivity index (χ1n) is 6.36. The predicted octanol–water partition coefficient (Wildman–Crippen LogP) is 4.28. The minimum Gasteiger partial charge on any atom is -0.508 e. The first-order valence-corrected chi connectivity index (χ1v) is 6.36. The molecule has 1 atom stereocenters. The molecule has 2 rings (SSSR count). The normalized spacial score (nSPS) is 22.6.